The number of carbonyl (C=O) groups is 1. The minimum absolute atomic E-state index is 0.184. The van der Waals surface area contributed by atoms with Gasteiger partial charge in [0, 0.05) is 15.8 Å². The van der Waals surface area contributed by atoms with Gasteiger partial charge in [0.1, 0.15) is 6.54 Å². The first-order valence-corrected chi connectivity index (χ1v) is 14.5. The van der Waals surface area contributed by atoms with E-state index in [-0.39, 0.29) is 16.3 Å². The standard InChI is InChI=1S/C23H21BrF3N3O5S2/c1-15-12-19(8-11-21(15)24)30(36(2,32)33)14-22(31)28-17-6-9-20(10-7-17)37(34,35)29-18-5-3-4-16(13-18)23(25,26)27/h3-13,29H,14H2,1-2H3,(H,28,31). The van der Waals surface area contributed by atoms with E-state index in [4.69, 9.17) is 0 Å². The van der Waals surface area contributed by atoms with E-state index in [9.17, 15) is 34.8 Å². The second kappa shape index (κ2) is 10.7. The van der Waals surface area contributed by atoms with Crippen molar-refractivity contribution in [2.45, 2.75) is 18.0 Å². The number of alkyl halides is 3. The summed E-state index contributed by atoms with van der Waals surface area (Å²) < 4.78 is 92.3. The lowest BCUT2D eigenvalue weighted by Crippen LogP contribution is -2.37. The summed E-state index contributed by atoms with van der Waals surface area (Å²) in [6.07, 6.45) is -3.67. The fourth-order valence-electron chi connectivity index (χ4n) is 3.21. The molecule has 0 unspecified atom stereocenters. The summed E-state index contributed by atoms with van der Waals surface area (Å²) in [7, 11) is -8.03. The van der Waals surface area contributed by atoms with Crippen LogP contribution in [0.1, 0.15) is 11.1 Å². The molecule has 0 radical (unpaired) electrons. The zero-order valence-corrected chi connectivity index (χ0v) is 22.6. The van der Waals surface area contributed by atoms with Gasteiger partial charge in [0.25, 0.3) is 10.0 Å². The maximum Gasteiger partial charge on any atom is 0.416 e. The fraction of sp³-hybridized carbons (Fsp3) is 0.174. The highest BCUT2D eigenvalue weighted by Gasteiger charge is 2.30. The Hall–Kier alpha value is -3.10. The topological polar surface area (TPSA) is 113 Å². The number of halogens is 4. The fourth-order valence-corrected chi connectivity index (χ4v) is 5.35. The molecule has 1 amide bonds. The Balaban J connectivity index is 1.73. The second-order valence-electron chi connectivity index (χ2n) is 7.96. The maximum absolute atomic E-state index is 12.9. The average Bonchev–Trinajstić information content (AvgIpc) is 2.78. The number of amides is 1. The van der Waals surface area contributed by atoms with Crippen LogP contribution in [0.25, 0.3) is 0 Å². The lowest BCUT2D eigenvalue weighted by Gasteiger charge is -2.22. The highest BCUT2D eigenvalue weighted by Crippen LogP contribution is 2.31. The molecule has 3 aromatic rings. The summed E-state index contributed by atoms with van der Waals surface area (Å²) in [6, 6.07) is 13.4. The largest absolute Gasteiger partial charge is 0.416 e. The summed E-state index contributed by atoms with van der Waals surface area (Å²) >= 11 is 3.33. The van der Waals surface area contributed by atoms with Gasteiger partial charge >= 0.3 is 6.18 Å². The number of sulfonamides is 2. The minimum Gasteiger partial charge on any atom is -0.325 e. The molecule has 14 heteroatoms. The van der Waals surface area contributed by atoms with Crippen LogP contribution in [0, 0.1) is 6.92 Å². The molecule has 8 nitrogen and oxygen atoms in total. The first-order chi connectivity index (χ1) is 17.1. The maximum atomic E-state index is 12.9. The van der Waals surface area contributed by atoms with Gasteiger partial charge in [0.05, 0.1) is 22.4 Å². The van der Waals surface area contributed by atoms with Gasteiger partial charge in [-0.2, -0.15) is 13.2 Å². The van der Waals surface area contributed by atoms with Gasteiger partial charge in [-0.1, -0.05) is 22.0 Å². The predicted molar refractivity (Wildman–Crippen MR) is 138 cm³/mol. The summed E-state index contributed by atoms with van der Waals surface area (Å²) in [5, 5.41) is 2.50. The highest BCUT2D eigenvalue weighted by molar-refractivity contribution is 9.10. The molecule has 0 saturated heterocycles. The number of carbonyl (C=O) groups excluding carboxylic acids is 1. The van der Waals surface area contributed by atoms with Crippen LogP contribution in [0.5, 0.6) is 0 Å². The number of hydrogen-bond donors (Lipinski definition) is 2. The molecule has 0 atom stereocenters. The molecule has 0 bridgehead atoms. The van der Waals surface area contributed by atoms with Crippen LogP contribution in [0.15, 0.2) is 76.1 Å². The normalized spacial score (nSPS) is 12.2. The van der Waals surface area contributed by atoms with Gasteiger partial charge in [-0.15, -0.1) is 0 Å². The Morgan fingerprint density at radius 1 is 0.946 bits per heavy atom. The van der Waals surface area contributed by atoms with Crippen molar-refractivity contribution in [3.8, 4) is 0 Å². The van der Waals surface area contributed by atoms with Crippen molar-refractivity contribution in [2.24, 2.45) is 0 Å². The summed E-state index contributed by atoms with van der Waals surface area (Å²) in [6.45, 7) is 1.24. The van der Waals surface area contributed by atoms with E-state index in [1.54, 1.807) is 25.1 Å². The number of rotatable bonds is 8. The molecule has 0 aliphatic rings. The van der Waals surface area contributed by atoms with Crippen molar-refractivity contribution in [3.05, 3.63) is 82.3 Å². The number of nitrogens with one attached hydrogen (secondary N) is 2. The van der Waals surface area contributed by atoms with Crippen molar-refractivity contribution >= 4 is 58.9 Å². The number of hydrogen-bond acceptors (Lipinski definition) is 5. The molecule has 0 aromatic heterocycles. The van der Waals surface area contributed by atoms with Gasteiger partial charge < -0.3 is 5.32 Å². The molecular formula is C23H21BrF3N3O5S2. The molecule has 198 valence electrons. The Kier molecular flexibility index (Phi) is 8.24. The third-order valence-electron chi connectivity index (χ3n) is 5.01. The third-order valence-corrected chi connectivity index (χ3v) is 8.44. The van der Waals surface area contributed by atoms with Gasteiger partial charge in [0.2, 0.25) is 15.9 Å². The van der Waals surface area contributed by atoms with E-state index >= 15 is 0 Å². The molecule has 0 aliphatic carbocycles. The van der Waals surface area contributed by atoms with E-state index in [2.05, 4.69) is 26.0 Å². The van der Waals surface area contributed by atoms with Crippen LogP contribution in [0.3, 0.4) is 0 Å². The lowest BCUT2D eigenvalue weighted by molar-refractivity contribution is -0.137. The SMILES string of the molecule is Cc1cc(N(CC(=O)Nc2ccc(S(=O)(=O)Nc3cccc(C(F)(F)F)c3)cc2)S(C)(=O)=O)ccc1Br. The molecular weight excluding hydrogens is 599 g/mol. The molecule has 3 rings (SSSR count). The van der Waals surface area contributed by atoms with Crippen molar-refractivity contribution in [1.82, 2.24) is 0 Å². The van der Waals surface area contributed by atoms with Crippen molar-refractivity contribution < 1.29 is 34.8 Å². The van der Waals surface area contributed by atoms with E-state index in [1.807, 2.05) is 0 Å². The highest BCUT2D eigenvalue weighted by atomic mass is 79.9. The summed E-state index contributed by atoms with van der Waals surface area (Å²) in [5.74, 6) is -0.677. The summed E-state index contributed by atoms with van der Waals surface area (Å²) in [5.41, 5.74) is -0.0329. The van der Waals surface area contributed by atoms with Crippen LogP contribution >= 0.6 is 15.9 Å². The number of anilines is 3. The van der Waals surface area contributed by atoms with E-state index in [0.29, 0.717) is 11.8 Å². The molecule has 3 aromatic carbocycles. The Labute approximate surface area is 220 Å². The van der Waals surface area contributed by atoms with Gasteiger partial charge in [-0.25, -0.2) is 16.8 Å². The summed E-state index contributed by atoms with van der Waals surface area (Å²) in [4.78, 5) is 12.3. The third kappa shape index (κ3) is 7.46. The number of benzene rings is 3. The molecule has 0 spiro atoms. The average molecular weight is 620 g/mol. The Morgan fingerprint density at radius 2 is 1.59 bits per heavy atom. The molecule has 0 aliphatic heterocycles. The Morgan fingerprint density at radius 3 is 2.16 bits per heavy atom. The van der Waals surface area contributed by atoms with E-state index in [0.717, 1.165) is 44.9 Å². The molecule has 37 heavy (non-hydrogen) atoms. The van der Waals surface area contributed by atoms with Crippen LogP contribution in [-0.2, 0) is 31.0 Å². The van der Waals surface area contributed by atoms with E-state index in [1.165, 1.54) is 18.2 Å². The van der Waals surface area contributed by atoms with Crippen molar-refractivity contribution in [2.75, 3.05) is 27.1 Å². The lowest BCUT2D eigenvalue weighted by atomic mass is 10.2. The molecule has 0 fully saturated rings. The zero-order valence-electron chi connectivity index (χ0n) is 19.4. The van der Waals surface area contributed by atoms with Crippen molar-refractivity contribution in [3.63, 3.8) is 0 Å². The quantitative estimate of drug-likeness (QED) is 0.369. The predicted octanol–water partition coefficient (Wildman–Crippen LogP) is 4.98. The number of nitrogens with zero attached hydrogens (tertiary/aromatic N) is 1. The van der Waals surface area contributed by atoms with Crippen LogP contribution in [0.2, 0.25) is 0 Å². The zero-order chi connectivity index (χ0) is 27.6. The van der Waals surface area contributed by atoms with Crippen LogP contribution < -0.4 is 14.3 Å². The van der Waals surface area contributed by atoms with Crippen LogP contribution in [0.4, 0.5) is 30.2 Å². The second-order valence-corrected chi connectivity index (χ2v) is 12.4. The first-order valence-electron chi connectivity index (χ1n) is 10.4. The van der Waals surface area contributed by atoms with Gasteiger partial charge in [-0.05, 0) is 73.2 Å². The van der Waals surface area contributed by atoms with E-state index < -0.39 is 44.2 Å². The monoisotopic (exact) mass is 619 g/mol. The van der Waals surface area contributed by atoms with Gasteiger partial charge in [0.15, 0.2) is 0 Å². The van der Waals surface area contributed by atoms with Gasteiger partial charge in [-0.3, -0.25) is 13.8 Å². The first kappa shape index (κ1) is 28.5. The molecule has 2 N–H and O–H groups in total. The molecule has 0 heterocycles. The number of aryl methyl sites for hydroxylation is 1. The molecule has 0 saturated carbocycles. The Bertz CT molecular complexity index is 1530. The minimum atomic E-state index is -4.63. The van der Waals surface area contributed by atoms with Crippen molar-refractivity contribution in [1.29, 1.82) is 0 Å². The smallest absolute Gasteiger partial charge is 0.325 e. The van der Waals surface area contributed by atoms with Crippen LogP contribution in [-0.4, -0.2) is 35.5 Å².